The minimum atomic E-state index is -1.66. The quantitative estimate of drug-likeness (QED) is 0.248. The van der Waals surface area contributed by atoms with E-state index in [1.807, 2.05) is 26.0 Å². The normalized spacial score (nSPS) is 23.2. The fraction of sp³-hybridized carbons (Fsp3) is 0.526. The molecule has 0 spiro atoms. The molecule has 3 amide bonds. The Hall–Kier alpha value is -2.22. The Morgan fingerprint density at radius 3 is 2.52 bits per heavy atom. The van der Waals surface area contributed by atoms with E-state index in [0.29, 0.717) is 17.1 Å². The van der Waals surface area contributed by atoms with Gasteiger partial charge in [0.15, 0.2) is 5.84 Å². The average molecular weight is 454 g/mol. The zero-order valence-electron chi connectivity index (χ0n) is 17.2. The summed E-state index contributed by atoms with van der Waals surface area (Å²) in [5.74, 6) is -0.212. The molecule has 0 saturated carbocycles. The smallest absolute Gasteiger partial charge is 0.349 e. The lowest BCUT2D eigenvalue weighted by Gasteiger charge is -2.47. The third kappa shape index (κ3) is 4.27. The summed E-state index contributed by atoms with van der Waals surface area (Å²) in [7, 11) is 0. The molecule has 12 heteroatoms. The maximum absolute atomic E-state index is 13.0. The van der Waals surface area contributed by atoms with E-state index in [1.165, 1.54) is 4.90 Å². The molecule has 2 heterocycles. The van der Waals surface area contributed by atoms with Gasteiger partial charge < -0.3 is 36.4 Å². The van der Waals surface area contributed by atoms with Crippen molar-refractivity contribution in [3.63, 3.8) is 0 Å². The van der Waals surface area contributed by atoms with Crippen molar-refractivity contribution in [3.8, 4) is 0 Å². The van der Waals surface area contributed by atoms with Gasteiger partial charge in [-0.2, -0.15) is 4.99 Å². The van der Waals surface area contributed by atoms with E-state index in [9.17, 15) is 24.9 Å². The van der Waals surface area contributed by atoms with Gasteiger partial charge in [0.25, 0.3) is 5.91 Å². The number of nitrogens with two attached hydrogens (primary N) is 1. The van der Waals surface area contributed by atoms with E-state index in [1.54, 1.807) is 0 Å². The molecule has 0 saturated heterocycles. The predicted molar refractivity (Wildman–Crippen MR) is 117 cm³/mol. The molecule has 0 radical (unpaired) electrons. The number of hydrogen-bond acceptors (Lipinski definition) is 10. The largest absolute Gasteiger partial charge is 0.394 e. The zero-order chi connectivity index (χ0) is 22.9. The molecular formula is C19H27N5O6S. The number of benzene rings is 1. The summed E-state index contributed by atoms with van der Waals surface area (Å²) in [4.78, 5) is 29.1. The van der Waals surface area contributed by atoms with Crippen LogP contribution in [-0.2, 0) is 4.79 Å². The second-order valence-electron chi connectivity index (χ2n) is 7.51. The van der Waals surface area contributed by atoms with Crippen molar-refractivity contribution in [2.24, 2.45) is 10.7 Å². The number of carbonyl (C=O) groups excluding carboxylic acids is 2. The van der Waals surface area contributed by atoms with Crippen LogP contribution in [-0.4, -0.2) is 86.8 Å². The van der Waals surface area contributed by atoms with Gasteiger partial charge in [-0.25, -0.2) is 4.79 Å². The first-order valence-electron chi connectivity index (χ1n) is 9.75. The first-order valence-corrected chi connectivity index (χ1v) is 10.7. The van der Waals surface area contributed by atoms with Crippen LogP contribution >= 0.6 is 11.8 Å². The predicted octanol–water partition coefficient (Wildman–Crippen LogP) is -1.35. The first-order chi connectivity index (χ1) is 14.6. The summed E-state index contributed by atoms with van der Waals surface area (Å²) in [5, 5.41) is 44.9. The second-order valence-corrected chi connectivity index (χ2v) is 8.82. The van der Waals surface area contributed by atoms with Crippen LogP contribution in [0.25, 0.3) is 0 Å². The minimum Gasteiger partial charge on any atom is -0.394 e. The van der Waals surface area contributed by atoms with Crippen molar-refractivity contribution < 1.29 is 30.0 Å². The lowest BCUT2D eigenvalue weighted by molar-refractivity contribution is -0.120. The monoisotopic (exact) mass is 453 g/mol. The Morgan fingerprint density at radius 2 is 1.87 bits per heavy atom. The summed E-state index contributed by atoms with van der Waals surface area (Å²) in [6.07, 6.45) is -4.74. The fourth-order valence-corrected chi connectivity index (χ4v) is 4.58. The molecule has 8 N–H and O–H groups in total. The highest BCUT2D eigenvalue weighted by Crippen LogP contribution is 2.43. The van der Waals surface area contributed by atoms with Crippen LogP contribution in [0.3, 0.4) is 0 Å². The molecule has 0 bridgehead atoms. The number of aryl methyl sites for hydroxylation is 2. The first kappa shape index (κ1) is 23.4. The van der Waals surface area contributed by atoms with Gasteiger partial charge in [0, 0.05) is 12.3 Å². The van der Waals surface area contributed by atoms with E-state index >= 15 is 0 Å². The molecule has 1 aromatic carbocycles. The summed E-state index contributed by atoms with van der Waals surface area (Å²) in [5.41, 5.74) is 8.64. The summed E-state index contributed by atoms with van der Waals surface area (Å²) in [6.45, 7) is 3.03. The number of imide groups is 1. The van der Waals surface area contributed by atoms with Gasteiger partial charge in [0.1, 0.15) is 18.3 Å². The molecule has 0 aromatic heterocycles. The lowest BCUT2D eigenvalue weighted by atomic mass is 9.99. The topological polar surface area (TPSA) is 181 Å². The number of β-amino-alcohol motifs (C(OH)–C–C–N with tert-alkyl or cyclic N) is 1. The van der Waals surface area contributed by atoms with Crippen LogP contribution in [0.1, 0.15) is 11.1 Å². The summed E-state index contributed by atoms with van der Waals surface area (Å²) >= 11 is 1.16. The number of amidine groups is 1. The van der Waals surface area contributed by atoms with Gasteiger partial charge in [-0.1, -0.05) is 0 Å². The van der Waals surface area contributed by atoms with Gasteiger partial charge >= 0.3 is 6.03 Å². The van der Waals surface area contributed by atoms with Crippen molar-refractivity contribution >= 4 is 40.9 Å². The highest BCUT2D eigenvalue weighted by molar-refractivity contribution is 8.02. The number of rotatable bonds is 8. The number of anilines is 2. The number of urea groups is 1. The van der Waals surface area contributed by atoms with Gasteiger partial charge in [-0.05, 0) is 37.1 Å². The van der Waals surface area contributed by atoms with Crippen LogP contribution < -0.4 is 21.3 Å². The number of fused-ring (bicyclic) bond motifs is 2. The van der Waals surface area contributed by atoms with Crippen molar-refractivity contribution in [1.82, 2.24) is 5.32 Å². The average Bonchev–Trinajstić information content (AvgIpc) is 2.73. The number of nitrogens with zero attached hydrogens (tertiary/aromatic N) is 2. The minimum absolute atomic E-state index is 0.0418. The van der Waals surface area contributed by atoms with Crippen LogP contribution in [0, 0.1) is 13.8 Å². The highest BCUT2D eigenvalue weighted by Gasteiger charge is 2.54. The molecule has 2 aliphatic rings. The number of aliphatic hydroxyl groups is 4. The number of hydrogen-bond donors (Lipinski definition) is 7. The fourth-order valence-electron chi connectivity index (χ4n) is 3.50. The van der Waals surface area contributed by atoms with Crippen LogP contribution in [0.15, 0.2) is 17.1 Å². The molecule has 0 fully saturated rings. The third-order valence-corrected chi connectivity index (χ3v) is 6.66. The molecule has 11 nitrogen and oxygen atoms in total. The number of thioether (sulfide) groups is 1. The third-order valence-electron chi connectivity index (χ3n) is 5.31. The molecular weight excluding hydrogens is 426 g/mol. The number of carbonyl (C=O) groups is 2. The van der Waals surface area contributed by atoms with Gasteiger partial charge in [0.05, 0.1) is 24.5 Å². The van der Waals surface area contributed by atoms with Crippen LogP contribution in [0.5, 0.6) is 0 Å². The molecule has 31 heavy (non-hydrogen) atoms. The second kappa shape index (κ2) is 9.10. The number of aliphatic hydroxyl groups excluding tert-OH is 4. The Bertz CT molecular complexity index is 912. The number of aliphatic imine (C=N–C) groups is 1. The van der Waals surface area contributed by atoms with Crippen molar-refractivity contribution in [2.45, 2.75) is 37.0 Å². The van der Waals surface area contributed by atoms with E-state index in [4.69, 9.17) is 10.8 Å². The molecule has 0 unspecified atom stereocenters. The molecule has 3 rings (SSSR count). The van der Waals surface area contributed by atoms with Gasteiger partial charge in [-0.3, -0.25) is 10.1 Å². The van der Waals surface area contributed by atoms with Crippen LogP contribution in [0.4, 0.5) is 16.2 Å². The van der Waals surface area contributed by atoms with Crippen molar-refractivity contribution in [3.05, 3.63) is 23.3 Å². The number of amides is 3. The van der Waals surface area contributed by atoms with E-state index in [-0.39, 0.29) is 18.9 Å². The Balaban J connectivity index is 2.14. The SMILES string of the molecule is Cc1cc2c(cc1C)N(C[C@H](O)[C@H](O)[C@H](O)CO)C1=NC(=O)NC(=O)[C@]1(SCCN)N2. The summed E-state index contributed by atoms with van der Waals surface area (Å²) in [6, 6.07) is 2.80. The Morgan fingerprint density at radius 1 is 1.19 bits per heavy atom. The standard InChI is InChI=1S/C19H27N5O6S/c1-9-5-11-12(6-10(9)2)24(7-13(26)15(28)14(27)8-25)16-19(23-11,31-4-3-20)17(29)22-18(30)21-16/h5-6,13-15,23,25-28H,3-4,7-8,20H2,1-2H3,(H,22,29,30)/t13-,14+,15-,19-/m0/s1. The molecule has 1 aromatic rings. The van der Waals surface area contributed by atoms with E-state index in [0.717, 1.165) is 22.9 Å². The van der Waals surface area contributed by atoms with E-state index < -0.39 is 41.7 Å². The maximum atomic E-state index is 13.0. The molecule has 4 atom stereocenters. The summed E-state index contributed by atoms with van der Waals surface area (Å²) < 4.78 is 0. The molecule has 170 valence electrons. The molecule has 0 aliphatic carbocycles. The Labute approximate surface area is 183 Å². The zero-order valence-corrected chi connectivity index (χ0v) is 18.0. The van der Waals surface area contributed by atoms with E-state index in [2.05, 4.69) is 15.6 Å². The van der Waals surface area contributed by atoms with Gasteiger partial charge in [0.2, 0.25) is 4.87 Å². The maximum Gasteiger partial charge on any atom is 0.349 e. The molecule has 2 aliphatic heterocycles. The lowest BCUT2D eigenvalue weighted by Crippen LogP contribution is -2.68. The van der Waals surface area contributed by atoms with Crippen molar-refractivity contribution in [2.75, 3.05) is 35.7 Å². The van der Waals surface area contributed by atoms with Crippen molar-refractivity contribution in [1.29, 1.82) is 0 Å². The highest BCUT2D eigenvalue weighted by atomic mass is 32.2. The Kier molecular flexibility index (Phi) is 6.88. The van der Waals surface area contributed by atoms with Crippen LogP contribution in [0.2, 0.25) is 0 Å². The number of nitrogens with one attached hydrogen (secondary N) is 2. The van der Waals surface area contributed by atoms with Gasteiger partial charge in [-0.15, -0.1) is 11.8 Å².